The van der Waals surface area contributed by atoms with E-state index in [9.17, 15) is 9.18 Å². The zero-order valence-corrected chi connectivity index (χ0v) is 12.4. The van der Waals surface area contributed by atoms with Crippen LogP contribution in [0.5, 0.6) is 5.75 Å². The summed E-state index contributed by atoms with van der Waals surface area (Å²) in [7, 11) is 0. The highest BCUT2D eigenvalue weighted by molar-refractivity contribution is 5.74. The molecule has 0 aromatic heterocycles. The number of ether oxygens (including phenoxy) is 1. The molecule has 3 N–H and O–H groups in total. The van der Waals surface area contributed by atoms with E-state index in [1.807, 2.05) is 13.8 Å². The zero-order valence-electron chi connectivity index (χ0n) is 12.4. The van der Waals surface area contributed by atoms with Crippen molar-refractivity contribution < 1.29 is 19.0 Å². The second-order valence-electron chi connectivity index (χ2n) is 4.90. The molecule has 0 aliphatic rings. The first kappa shape index (κ1) is 17.2. The Morgan fingerprint density at radius 1 is 1.33 bits per heavy atom. The van der Waals surface area contributed by atoms with Crippen LogP contribution >= 0.6 is 0 Å². The molecule has 1 rings (SSSR count). The van der Waals surface area contributed by atoms with Gasteiger partial charge in [-0.15, -0.1) is 0 Å². The Morgan fingerprint density at radius 3 is 2.57 bits per heavy atom. The van der Waals surface area contributed by atoms with Gasteiger partial charge in [-0.1, -0.05) is 6.92 Å². The first-order chi connectivity index (χ1) is 10.0. The summed E-state index contributed by atoms with van der Waals surface area (Å²) in [5.74, 6) is 0.236. The van der Waals surface area contributed by atoms with Gasteiger partial charge in [-0.2, -0.15) is 0 Å². The largest absolute Gasteiger partial charge is 0.491 e. The van der Waals surface area contributed by atoms with Gasteiger partial charge < -0.3 is 20.5 Å². The van der Waals surface area contributed by atoms with Crippen molar-refractivity contribution >= 4 is 6.03 Å². The van der Waals surface area contributed by atoms with Gasteiger partial charge in [0.1, 0.15) is 18.2 Å². The van der Waals surface area contributed by atoms with Crippen LogP contribution in [-0.4, -0.2) is 36.4 Å². The summed E-state index contributed by atoms with van der Waals surface area (Å²) in [6.07, 6.45) is 1.29. The number of aliphatic hydroxyl groups is 1. The summed E-state index contributed by atoms with van der Waals surface area (Å²) in [5.41, 5.74) is 0. The Bertz CT molecular complexity index is 425. The quantitative estimate of drug-likeness (QED) is 0.688. The van der Waals surface area contributed by atoms with Gasteiger partial charge in [-0.25, -0.2) is 9.18 Å². The number of nitrogens with one attached hydrogen (secondary N) is 2. The van der Waals surface area contributed by atoms with E-state index < -0.39 is 0 Å². The number of halogens is 1. The van der Waals surface area contributed by atoms with E-state index in [1.54, 1.807) is 0 Å². The number of benzene rings is 1. The van der Waals surface area contributed by atoms with E-state index in [0.717, 1.165) is 6.42 Å². The van der Waals surface area contributed by atoms with Crippen molar-refractivity contribution in [1.29, 1.82) is 0 Å². The lowest BCUT2D eigenvalue weighted by molar-refractivity contribution is 0.216. The molecular formula is C15H23FN2O3. The number of aliphatic hydroxyl groups excluding tert-OH is 1. The van der Waals surface area contributed by atoms with Crippen molar-refractivity contribution in [3.63, 3.8) is 0 Å². The molecule has 2 atom stereocenters. The summed E-state index contributed by atoms with van der Waals surface area (Å²) >= 11 is 0. The number of urea groups is 1. The number of rotatable bonds is 8. The van der Waals surface area contributed by atoms with Crippen molar-refractivity contribution in [3.05, 3.63) is 30.1 Å². The fraction of sp³-hybridized carbons (Fsp3) is 0.533. The van der Waals surface area contributed by atoms with Gasteiger partial charge in [0, 0.05) is 12.6 Å². The molecule has 1 aromatic rings. The van der Waals surface area contributed by atoms with E-state index in [0.29, 0.717) is 12.2 Å². The van der Waals surface area contributed by atoms with Gasteiger partial charge in [0.15, 0.2) is 0 Å². The van der Waals surface area contributed by atoms with Gasteiger partial charge >= 0.3 is 6.03 Å². The van der Waals surface area contributed by atoms with Crippen LogP contribution in [0, 0.1) is 5.82 Å². The number of carbonyl (C=O) groups is 1. The molecule has 0 fully saturated rings. The zero-order chi connectivity index (χ0) is 15.7. The van der Waals surface area contributed by atoms with Crippen molar-refractivity contribution in [2.24, 2.45) is 0 Å². The molecule has 0 aliphatic heterocycles. The lowest BCUT2D eigenvalue weighted by Gasteiger charge is -2.19. The Morgan fingerprint density at radius 2 is 2.00 bits per heavy atom. The molecule has 0 spiro atoms. The SMILES string of the molecule is CCC(CCO)NC(=O)NC(C)COc1ccc(F)cc1. The van der Waals surface area contributed by atoms with Crippen LogP contribution in [0.15, 0.2) is 24.3 Å². The average Bonchev–Trinajstić information content (AvgIpc) is 2.46. The molecular weight excluding hydrogens is 275 g/mol. The lowest BCUT2D eigenvalue weighted by atomic mass is 10.2. The summed E-state index contributed by atoms with van der Waals surface area (Å²) < 4.78 is 18.2. The fourth-order valence-electron chi connectivity index (χ4n) is 1.78. The smallest absolute Gasteiger partial charge is 0.315 e. The van der Waals surface area contributed by atoms with Crippen molar-refractivity contribution in [3.8, 4) is 5.75 Å². The molecule has 2 unspecified atom stereocenters. The standard InChI is InChI=1S/C15H23FN2O3/c1-3-13(8-9-19)18-15(20)17-11(2)10-21-14-6-4-12(16)5-7-14/h4-7,11,13,19H,3,8-10H2,1-2H3,(H2,17,18,20). The molecule has 21 heavy (non-hydrogen) atoms. The van der Waals surface area contributed by atoms with Crippen LogP contribution in [0.3, 0.4) is 0 Å². The first-order valence-electron chi connectivity index (χ1n) is 7.11. The highest BCUT2D eigenvalue weighted by Crippen LogP contribution is 2.11. The van der Waals surface area contributed by atoms with E-state index in [-0.39, 0.29) is 37.1 Å². The Labute approximate surface area is 124 Å². The number of amides is 2. The van der Waals surface area contributed by atoms with Gasteiger partial charge in [0.2, 0.25) is 0 Å². The number of hydrogen-bond acceptors (Lipinski definition) is 3. The van der Waals surface area contributed by atoms with Crippen LogP contribution < -0.4 is 15.4 Å². The topological polar surface area (TPSA) is 70.6 Å². The van der Waals surface area contributed by atoms with Crippen molar-refractivity contribution in [1.82, 2.24) is 10.6 Å². The molecule has 0 saturated carbocycles. The van der Waals surface area contributed by atoms with E-state index >= 15 is 0 Å². The maximum Gasteiger partial charge on any atom is 0.315 e. The van der Waals surface area contributed by atoms with Gasteiger partial charge in [0.05, 0.1) is 6.04 Å². The molecule has 0 aliphatic carbocycles. The second-order valence-corrected chi connectivity index (χ2v) is 4.90. The molecule has 5 nitrogen and oxygen atoms in total. The predicted octanol–water partition coefficient (Wildman–Crippen LogP) is 2.05. The monoisotopic (exact) mass is 298 g/mol. The fourth-order valence-corrected chi connectivity index (χ4v) is 1.78. The van der Waals surface area contributed by atoms with Gasteiger partial charge in [-0.05, 0) is 44.0 Å². The Balaban J connectivity index is 2.30. The minimum absolute atomic E-state index is 0.0415. The van der Waals surface area contributed by atoms with Gasteiger partial charge in [-0.3, -0.25) is 0 Å². The molecule has 6 heteroatoms. The average molecular weight is 298 g/mol. The normalized spacial score (nSPS) is 13.3. The maximum absolute atomic E-state index is 12.7. The summed E-state index contributed by atoms with van der Waals surface area (Å²) in [6.45, 7) is 4.09. The van der Waals surface area contributed by atoms with Crippen LogP contribution in [0.25, 0.3) is 0 Å². The lowest BCUT2D eigenvalue weighted by Crippen LogP contribution is -2.47. The molecule has 1 aromatic carbocycles. The van der Waals surface area contributed by atoms with Crippen LogP contribution in [0.2, 0.25) is 0 Å². The van der Waals surface area contributed by atoms with Crippen LogP contribution in [0.1, 0.15) is 26.7 Å². The van der Waals surface area contributed by atoms with Crippen LogP contribution in [-0.2, 0) is 0 Å². The summed E-state index contributed by atoms with van der Waals surface area (Å²) in [4.78, 5) is 11.7. The number of hydrogen-bond donors (Lipinski definition) is 3. The molecule has 0 bridgehead atoms. The van der Waals surface area contributed by atoms with Gasteiger partial charge in [0.25, 0.3) is 0 Å². The molecule has 2 amide bonds. The highest BCUT2D eigenvalue weighted by Gasteiger charge is 2.12. The third-order valence-electron chi connectivity index (χ3n) is 3.00. The van der Waals surface area contributed by atoms with Crippen LogP contribution in [0.4, 0.5) is 9.18 Å². The third kappa shape index (κ3) is 6.94. The third-order valence-corrected chi connectivity index (χ3v) is 3.00. The highest BCUT2D eigenvalue weighted by atomic mass is 19.1. The van der Waals surface area contributed by atoms with Crippen molar-refractivity contribution in [2.45, 2.75) is 38.8 Å². The van der Waals surface area contributed by atoms with Crippen molar-refractivity contribution in [2.75, 3.05) is 13.2 Å². The number of carbonyl (C=O) groups excluding carboxylic acids is 1. The summed E-state index contributed by atoms with van der Waals surface area (Å²) in [5, 5.41) is 14.4. The predicted molar refractivity (Wildman–Crippen MR) is 78.8 cm³/mol. The molecule has 0 saturated heterocycles. The van der Waals surface area contributed by atoms with E-state index in [2.05, 4.69) is 10.6 Å². The maximum atomic E-state index is 12.7. The minimum Gasteiger partial charge on any atom is -0.491 e. The summed E-state index contributed by atoms with van der Waals surface area (Å²) in [6, 6.07) is 5.20. The van der Waals surface area contributed by atoms with E-state index in [4.69, 9.17) is 9.84 Å². The Hall–Kier alpha value is -1.82. The minimum atomic E-state index is -0.317. The molecule has 0 heterocycles. The first-order valence-corrected chi connectivity index (χ1v) is 7.11. The molecule has 118 valence electrons. The second kappa shape index (κ2) is 9.18. The Kier molecular flexibility index (Phi) is 7.53. The van der Waals surface area contributed by atoms with E-state index in [1.165, 1.54) is 24.3 Å². The molecule has 0 radical (unpaired) electrons.